The molecule has 4 aliphatic rings. The van der Waals surface area contributed by atoms with Crippen LogP contribution in [0.1, 0.15) is 19.3 Å². The monoisotopic (exact) mass is 208 g/mol. The molecule has 0 radical (unpaired) electrons. The number of rotatable bonds is 0. The highest BCUT2D eigenvalue weighted by Gasteiger charge is 2.73. The Labute approximate surface area is 88.2 Å². The first-order chi connectivity index (χ1) is 7.13. The van der Waals surface area contributed by atoms with E-state index in [4.69, 9.17) is 5.73 Å². The quantitative estimate of drug-likeness (QED) is 0.489. The Morgan fingerprint density at radius 1 is 1.47 bits per heavy atom. The summed E-state index contributed by atoms with van der Waals surface area (Å²) in [7, 11) is 0. The number of nitrogens with two attached hydrogens (primary N) is 1. The SMILES string of the molecule is N[C@@H]1[C@@H]2NC(=O)[C@H]3C[C@H]1C1(CC(O)C1)[C@@H]23. The third-order valence-corrected chi connectivity index (χ3v) is 5.49. The van der Waals surface area contributed by atoms with Crippen molar-refractivity contribution >= 4 is 5.91 Å². The number of amides is 1. The van der Waals surface area contributed by atoms with E-state index >= 15 is 0 Å². The Balaban J connectivity index is 1.79. The molecule has 0 aromatic heterocycles. The van der Waals surface area contributed by atoms with Crippen molar-refractivity contribution in [3.05, 3.63) is 0 Å². The van der Waals surface area contributed by atoms with Gasteiger partial charge in [-0.05, 0) is 36.5 Å². The van der Waals surface area contributed by atoms with Crippen LogP contribution in [0.4, 0.5) is 0 Å². The van der Waals surface area contributed by atoms with E-state index in [0.717, 1.165) is 19.3 Å². The van der Waals surface area contributed by atoms with Gasteiger partial charge in [-0.3, -0.25) is 4.79 Å². The van der Waals surface area contributed by atoms with Crippen LogP contribution in [-0.4, -0.2) is 29.2 Å². The molecule has 3 saturated carbocycles. The van der Waals surface area contributed by atoms with E-state index in [1.807, 2.05) is 0 Å². The molecule has 1 saturated heterocycles. The van der Waals surface area contributed by atoms with E-state index in [9.17, 15) is 9.90 Å². The Kier molecular flexibility index (Phi) is 1.27. The molecule has 4 N–H and O–H groups in total. The summed E-state index contributed by atoms with van der Waals surface area (Å²) >= 11 is 0. The first-order valence-corrected chi connectivity index (χ1v) is 5.87. The summed E-state index contributed by atoms with van der Waals surface area (Å²) in [6.07, 6.45) is 2.56. The summed E-state index contributed by atoms with van der Waals surface area (Å²) in [5.41, 5.74) is 6.41. The number of carbonyl (C=O) groups excluding carboxylic acids is 1. The molecule has 1 aliphatic heterocycles. The highest BCUT2D eigenvalue weighted by atomic mass is 16.3. The minimum Gasteiger partial charge on any atom is -0.393 e. The van der Waals surface area contributed by atoms with E-state index in [-0.39, 0.29) is 35.4 Å². The lowest BCUT2D eigenvalue weighted by atomic mass is 9.59. The topological polar surface area (TPSA) is 75.3 Å². The number of hydrogen-bond donors (Lipinski definition) is 3. The Bertz CT molecular complexity index is 350. The average molecular weight is 208 g/mol. The summed E-state index contributed by atoms with van der Waals surface area (Å²) in [5.74, 6) is 1.31. The summed E-state index contributed by atoms with van der Waals surface area (Å²) in [5, 5.41) is 12.6. The highest BCUT2D eigenvalue weighted by molar-refractivity contribution is 5.83. The summed E-state index contributed by atoms with van der Waals surface area (Å²) < 4.78 is 0. The molecular formula is C11H16N2O2. The second-order valence-electron chi connectivity index (χ2n) is 5.88. The predicted molar refractivity (Wildman–Crippen MR) is 52.7 cm³/mol. The molecule has 0 aromatic rings. The lowest BCUT2D eigenvalue weighted by Gasteiger charge is -2.47. The molecule has 1 amide bonds. The van der Waals surface area contributed by atoms with Gasteiger partial charge in [-0.1, -0.05) is 0 Å². The fourth-order valence-electron chi connectivity index (χ4n) is 5.06. The van der Waals surface area contributed by atoms with Crippen LogP contribution in [0.2, 0.25) is 0 Å². The van der Waals surface area contributed by atoms with Crippen molar-refractivity contribution in [3.8, 4) is 0 Å². The summed E-state index contributed by atoms with van der Waals surface area (Å²) in [4.78, 5) is 11.7. The molecule has 3 aliphatic carbocycles. The van der Waals surface area contributed by atoms with Crippen LogP contribution < -0.4 is 11.1 Å². The maximum absolute atomic E-state index is 11.7. The van der Waals surface area contributed by atoms with Gasteiger partial charge in [0, 0.05) is 18.0 Å². The maximum atomic E-state index is 11.7. The van der Waals surface area contributed by atoms with Gasteiger partial charge in [-0.25, -0.2) is 0 Å². The van der Waals surface area contributed by atoms with Crippen LogP contribution in [-0.2, 0) is 4.79 Å². The van der Waals surface area contributed by atoms with E-state index in [1.54, 1.807) is 0 Å². The predicted octanol–water partition coefficient (Wildman–Crippen LogP) is -0.781. The summed E-state index contributed by atoms with van der Waals surface area (Å²) in [6, 6.07) is 0.332. The molecule has 4 rings (SSSR count). The van der Waals surface area contributed by atoms with E-state index in [2.05, 4.69) is 5.32 Å². The first-order valence-electron chi connectivity index (χ1n) is 5.87. The van der Waals surface area contributed by atoms with Gasteiger partial charge in [0.1, 0.15) is 0 Å². The van der Waals surface area contributed by atoms with Gasteiger partial charge in [-0.15, -0.1) is 0 Å². The minimum atomic E-state index is -0.145. The third kappa shape index (κ3) is 0.712. The summed E-state index contributed by atoms with van der Waals surface area (Å²) in [6.45, 7) is 0. The lowest BCUT2D eigenvalue weighted by molar-refractivity contribution is -0.123. The minimum absolute atomic E-state index is 0.130. The van der Waals surface area contributed by atoms with Gasteiger partial charge in [0.25, 0.3) is 0 Å². The number of hydrogen-bond acceptors (Lipinski definition) is 3. The molecule has 5 atom stereocenters. The molecule has 4 fully saturated rings. The molecule has 82 valence electrons. The molecule has 0 unspecified atom stereocenters. The zero-order valence-electron chi connectivity index (χ0n) is 8.52. The van der Waals surface area contributed by atoms with Crippen LogP contribution in [0.25, 0.3) is 0 Å². The van der Waals surface area contributed by atoms with Gasteiger partial charge in [0.2, 0.25) is 5.91 Å². The largest absolute Gasteiger partial charge is 0.393 e. The number of aliphatic hydroxyl groups excluding tert-OH is 1. The van der Waals surface area contributed by atoms with E-state index in [1.165, 1.54) is 0 Å². The fourth-order valence-corrected chi connectivity index (χ4v) is 5.06. The van der Waals surface area contributed by atoms with Crippen LogP contribution >= 0.6 is 0 Å². The molecule has 4 heteroatoms. The van der Waals surface area contributed by atoms with Crippen LogP contribution in [0.3, 0.4) is 0 Å². The van der Waals surface area contributed by atoms with Gasteiger partial charge >= 0.3 is 0 Å². The number of aliphatic hydroxyl groups is 1. The smallest absolute Gasteiger partial charge is 0.223 e. The van der Waals surface area contributed by atoms with Crippen LogP contribution in [0.15, 0.2) is 0 Å². The van der Waals surface area contributed by atoms with Crippen molar-refractivity contribution in [2.24, 2.45) is 28.9 Å². The standard InChI is InChI=1S/C11H16N2O2/c12-8-6-1-5-7(9(8)13-10(5)15)11(6)2-4(14)3-11/h4-9,14H,1-3,12H2,(H,13,15)/t4?,5-,6+,7+,8-,9+,11?/m0/s1. The number of carbonyl (C=O) groups is 1. The van der Waals surface area contributed by atoms with Crippen molar-refractivity contribution in [3.63, 3.8) is 0 Å². The number of nitrogens with one attached hydrogen (secondary N) is 1. The van der Waals surface area contributed by atoms with Crippen molar-refractivity contribution in [1.29, 1.82) is 0 Å². The highest BCUT2D eigenvalue weighted by Crippen LogP contribution is 2.70. The average Bonchev–Trinajstić information content (AvgIpc) is 2.66. The molecule has 15 heavy (non-hydrogen) atoms. The van der Waals surface area contributed by atoms with Gasteiger partial charge in [-0.2, -0.15) is 0 Å². The second-order valence-corrected chi connectivity index (χ2v) is 5.88. The van der Waals surface area contributed by atoms with Crippen molar-refractivity contribution in [2.45, 2.75) is 37.5 Å². The first kappa shape index (κ1) is 8.53. The molecular weight excluding hydrogens is 192 g/mol. The molecule has 1 heterocycles. The normalized spacial score (nSPS) is 64.8. The third-order valence-electron chi connectivity index (χ3n) is 5.49. The maximum Gasteiger partial charge on any atom is 0.223 e. The van der Waals surface area contributed by atoms with Crippen molar-refractivity contribution in [2.75, 3.05) is 0 Å². The zero-order valence-corrected chi connectivity index (χ0v) is 8.52. The van der Waals surface area contributed by atoms with Crippen LogP contribution in [0.5, 0.6) is 0 Å². The molecule has 0 aromatic carbocycles. The van der Waals surface area contributed by atoms with Gasteiger partial charge in [0.15, 0.2) is 0 Å². The lowest BCUT2D eigenvalue weighted by Crippen LogP contribution is -2.46. The van der Waals surface area contributed by atoms with Gasteiger partial charge in [0.05, 0.1) is 6.10 Å². The zero-order chi connectivity index (χ0) is 10.4. The van der Waals surface area contributed by atoms with E-state index < -0.39 is 0 Å². The Morgan fingerprint density at radius 2 is 2.20 bits per heavy atom. The Morgan fingerprint density at radius 3 is 2.87 bits per heavy atom. The van der Waals surface area contributed by atoms with Gasteiger partial charge < -0.3 is 16.2 Å². The fraction of sp³-hybridized carbons (Fsp3) is 0.909. The van der Waals surface area contributed by atoms with Crippen molar-refractivity contribution < 1.29 is 9.90 Å². The van der Waals surface area contributed by atoms with Crippen LogP contribution in [0, 0.1) is 23.2 Å². The molecule has 4 nitrogen and oxygen atoms in total. The van der Waals surface area contributed by atoms with Crippen molar-refractivity contribution in [1.82, 2.24) is 5.32 Å². The second kappa shape index (κ2) is 2.23. The molecule has 1 spiro atoms. The van der Waals surface area contributed by atoms with E-state index in [0.29, 0.717) is 11.8 Å². The Hall–Kier alpha value is -0.610. The molecule has 2 bridgehead atoms.